The summed E-state index contributed by atoms with van der Waals surface area (Å²) in [6, 6.07) is 8.45. The van der Waals surface area contributed by atoms with Crippen LogP contribution in [0, 0.1) is 0 Å². The lowest BCUT2D eigenvalue weighted by Crippen LogP contribution is -2.36. The number of nitrogens with zero attached hydrogens (tertiary/aromatic N) is 3. The van der Waals surface area contributed by atoms with Crippen LogP contribution in [-0.4, -0.2) is 44.1 Å². The molecule has 2 aliphatic rings. The van der Waals surface area contributed by atoms with Crippen LogP contribution in [0.15, 0.2) is 30.5 Å². The molecule has 0 aliphatic carbocycles. The summed E-state index contributed by atoms with van der Waals surface area (Å²) < 4.78 is 1.85. The molecule has 2 aliphatic heterocycles. The van der Waals surface area contributed by atoms with Gasteiger partial charge in [-0.2, -0.15) is 11.8 Å². The topological polar surface area (TPSA) is 71.8 Å². The van der Waals surface area contributed by atoms with Gasteiger partial charge in [0.2, 0.25) is 0 Å². The third-order valence-electron chi connectivity index (χ3n) is 5.24. The Morgan fingerprint density at radius 3 is 3.00 bits per heavy atom. The van der Waals surface area contributed by atoms with Gasteiger partial charge in [-0.1, -0.05) is 47.9 Å². The summed E-state index contributed by atoms with van der Waals surface area (Å²) in [5, 5.41) is 15.9. The molecule has 3 heterocycles. The van der Waals surface area contributed by atoms with Crippen LogP contribution in [0.2, 0.25) is 5.02 Å². The second kappa shape index (κ2) is 8.52. The van der Waals surface area contributed by atoms with Crippen molar-refractivity contribution in [3.8, 4) is 0 Å². The number of urea groups is 1. The average Bonchev–Trinajstić information content (AvgIpc) is 3.34. The normalized spacial score (nSPS) is 23.9. The highest BCUT2D eigenvalue weighted by atomic mass is 35.5. The fourth-order valence-corrected chi connectivity index (χ4v) is 5.54. The van der Waals surface area contributed by atoms with Crippen molar-refractivity contribution in [3.63, 3.8) is 0 Å². The zero-order chi connectivity index (χ0) is 18.6. The SMILES string of the molecule is O=C1N[C@H]2[C@H](CS[C@H]2CCCCCc2cn(Cc3ccccc3Cl)nn2)N1. The number of amides is 2. The lowest BCUT2D eigenvalue weighted by atomic mass is 10.0. The number of nitrogens with one attached hydrogen (secondary N) is 2. The Balaban J connectivity index is 1.17. The molecule has 6 nitrogen and oxygen atoms in total. The molecule has 4 rings (SSSR count). The van der Waals surface area contributed by atoms with Crippen LogP contribution >= 0.6 is 23.4 Å². The van der Waals surface area contributed by atoms with Crippen LogP contribution in [0.5, 0.6) is 0 Å². The van der Waals surface area contributed by atoms with Gasteiger partial charge in [0.15, 0.2) is 0 Å². The molecule has 0 unspecified atom stereocenters. The van der Waals surface area contributed by atoms with Gasteiger partial charge >= 0.3 is 6.03 Å². The molecule has 3 atom stereocenters. The van der Waals surface area contributed by atoms with Gasteiger partial charge < -0.3 is 10.6 Å². The number of thioether (sulfide) groups is 1. The molecule has 1 aromatic heterocycles. The maximum atomic E-state index is 11.4. The lowest BCUT2D eigenvalue weighted by molar-refractivity contribution is 0.247. The molecule has 0 radical (unpaired) electrons. The molecule has 0 saturated carbocycles. The van der Waals surface area contributed by atoms with E-state index in [4.69, 9.17) is 11.6 Å². The summed E-state index contributed by atoms with van der Waals surface area (Å²) in [6.07, 6.45) is 7.59. The molecule has 2 saturated heterocycles. The van der Waals surface area contributed by atoms with Crippen molar-refractivity contribution in [3.05, 3.63) is 46.7 Å². The third kappa shape index (κ3) is 4.58. The fraction of sp³-hybridized carbons (Fsp3) is 0.526. The van der Waals surface area contributed by atoms with Crippen LogP contribution in [0.4, 0.5) is 4.79 Å². The maximum absolute atomic E-state index is 11.4. The monoisotopic (exact) mass is 405 g/mol. The number of carbonyl (C=O) groups is 1. The number of aromatic nitrogens is 3. The van der Waals surface area contributed by atoms with Crippen LogP contribution in [0.1, 0.15) is 36.9 Å². The van der Waals surface area contributed by atoms with E-state index in [0.29, 0.717) is 23.9 Å². The second-order valence-electron chi connectivity index (χ2n) is 7.22. The minimum atomic E-state index is -0.00447. The van der Waals surface area contributed by atoms with Gasteiger partial charge in [0.25, 0.3) is 0 Å². The first-order valence-corrected chi connectivity index (χ1v) is 10.9. The number of benzene rings is 1. The van der Waals surface area contributed by atoms with Crippen molar-refractivity contribution in [2.24, 2.45) is 0 Å². The van der Waals surface area contributed by atoms with Gasteiger partial charge in [0.05, 0.1) is 24.3 Å². The van der Waals surface area contributed by atoms with E-state index in [0.717, 1.165) is 41.3 Å². The summed E-state index contributed by atoms with van der Waals surface area (Å²) in [7, 11) is 0. The van der Waals surface area contributed by atoms with Gasteiger partial charge in [-0.05, 0) is 30.9 Å². The minimum absolute atomic E-state index is 0.00447. The highest BCUT2D eigenvalue weighted by Gasteiger charge is 2.42. The standard InChI is InChI=1S/C19H24ClN5OS/c20-15-8-5-4-6-13(15)10-25-11-14(23-24-25)7-2-1-3-9-17-18-16(12-27-17)21-19(26)22-18/h4-6,8,11,16-18H,1-3,7,9-10,12H2,(H2,21,22,26)/t16-,17-,18-/m0/s1. The molecule has 2 aromatic rings. The fourth-order valence-electron chi connectivity index (χ4n) is 3.80. The summed E-state index contributed by atoms with van der Waals surface area (Å²) >= 11 is 8.19. The molecule has 27 heavy (non-hydrogen) atoms. The van der Waals surface area contributed by atoms with E-state index in [2.05, 4.69) is 20.9 Å². The van der Waals surface area contributed by atoms with Crippen molar-refractivity contribution in [2.75, 3.05) is 5.75 Å². The number of hydrogen-bond acceptors (Lipinski definition) is 4. The highest BCUT2D eigenvalue weighted by Crippen LogP contribution is 2.33. The third-order valence-corrected chi connectivity index (χ3v) is 7.11. The molecule has 2 amide bonds. The van der Waals surface area contributed by atoms with Crippen molar-refractivity contribution in [1.29, 1.82) is 0 Å². The molecule has 8 heteroatoms. The van der Waals surface area contributed by atoms with Crippen LogP contribution in [-0.2, 0) is 13.0 Å². The predicted molar refractivity (Wildman–Crippen MR) is 108 cm³/mol. The largest absolute Gasteiger partial charge is 0.332 e. The number of carbonyl (C=O) groups excluding carboxylic acids is 1. The number of rotatable bonds is 8. The average molecular weight is 406 g/mol. The van der Waals surface area contributed by atoms with Gasteiger partial charge in [-0.25, -0.2) is 9.48 Å². The van der Waals surface area contributed by atoms with E-state index in [-0.39, 0.29) is 6.03 Å². The molecule has 2 fully saturated rings. The lowest BCUT2D eigenvalue weighted by Gasteiger charge is -2.16. The van der Waals surface area contributed by atoms with E-state index in [1.807, 2.05) is 46.9 Å². The number of unbranched alkanes of at least 4 members (excludes halogenated alkanes) is 2. The Bertz CT molecular complexity index is 798. The Morgan fingerprint density at radius 1 is 1.22 bits per heavy atom. The first kappa shape index (κ1) is 18.6. The zero-order valence-electron chi connectivity index (χ0n) is 15.1. The summed E-state index contributed by atoms with van der Waals surface area (Å²) in [5.74, 6) is 1.03. The maximum Gasteiger partial charge on any atom is 0.315 e. The van der Waals surface area contributed by atoms with E-state index in [9.17, 15) is 4.79 Å². The Labute approximate surface area is 168 Å². The van der Waals surface area contributed by atoms with E-state index >= 15 is 0 Å². The van der Waals surface area contributed by atoms with Gasteiger partial charge in [-0.3, -0.25) is 0 Å². The molecular weight excluding hydrogens is 382 g/mol. The van der Waals surface area contributed by atoms with Crippen LogP contribution in [0.25, 0.3) is 0 Å². The molecule has 0 bridgehead atoms. The van der Waals surface area contributed by atoms with Gasteiger partial charge in [0.1, 0.15) is 0 Å². The molecular formula is C19H24ClN5OS. The number of hydrogen-bond donors (Lipinski definition) is 2. The van der Waals surface area contributed by atoms with Crippen molar-refractivity contribution in [2.45, 2.75) is 56.0 Å². The van der Waals surface area contributed by atoms with Crippen molar-refractivity contribution < 1.29 is 4.79 Å². The number of aryl methyl sites for hydroxylation is 1. The Hall–Kier alpha value is -1.73. The van der Waals surface area contributed by atoms with Gasteiger partial charge in [0, 0.05) is 22.2 Å². The zero-order valence-corrected chi connectivity index (χ0v) is 16.7. The first-order valence-electron chi connectivity index (χ1n) is 9.50. The number of halogens is 1. The number of fused-ring (bicyclic) bond motifs is 1. The summed E-state index contributed by atoms with van der Waals surface area (Å²) in [6.45, 7) is 0.647. The molecule has 0 spiro atoms. The van der Waals surface area contributed by atoms with E-state index in [1.165, 1.54) is 12.8 Å². The van der Waals surface area contributed by atoms with E-state index < -0.39 is 0 Å². The molecule has 1 aromatic carbocycles. The van der Waals surface area contributed by atoms with Crippen LogP contribution < -0.4 is 10.6 Å². The highest BCUT2D eigenvalue weighted by molar-refractivity contribution is 8.00. The second-order valence-corrected chi connectivity index (χ2v) is 8.90. The predicted octanol–water partition coefficient (Wildman–Crippen LogP) is 3.25. The van der Waals surface area contributed by atoms with Gasteiger partial charge in [-0.15, -0.1) is 5.10 Å². The van der Waals surface area contributed by atoms with Crippen molar-refractivity contribution in [1.82, 2.24) is 25.6 Å². The summed E-state index contributed by atoms with van der Waals surface area (Å²) in [4.78, 5) is 11.4. The van der Waals surface area contributed by atoms with Crippen LogP contribution in [0.3, 0.4) is 0 Å². The smallest absolute Gasteiger partial charge is 0.315 e. The van der Waals surface area contributed by atoms with Crippen molar-refractivity contribution >= 4 is 29.4 Å². The minimum Gasteiger partial charge on any atom is -0.332 e. The summed E-state index contributed by atoms with van der Waals surface area (Å²) in [5.41, 5.74) is 2.08. The Morgan fingerprint density at radius 2 is 2.11 bits per heavy atom. The Kier molecular flexibility index (Phi) is 5.88. The quantitative estimate of drug-likeness (QED) is 0.522. The van der Waals surface area contributed by atoms with E-state index in [1.54, 1.807) is 0 Å². The molecule has 144 valence electrons. The first-order chi connectivity index (χ1) is 13.2. The molecule has 2 N–H and O–H groups in total.